The van der Waals surface area contributed by atoms with E-state index in [0.29, 0.717) is 5.75 Å². The first-order valence-corrected chi connectivity index (χ1v) is 10.9. The van der Waals surface area contributed by atoms with Crippen molar-refractivity contribution < 1.29 is 9.13 Å². The summed E-state index contributed by atoms with van der Waals surface area (Å²) in [6, 6.07) is 18.0. The van der Waals surface area contributed by atoms with Gasteiger partial charge in [-0.2, -0.15) is 0 Å². The number of fused-ring (bicyclic) bond motifs is 1. The smallest absolute Gasteiger partial charge is 0.228 e. The number of benzene rings is 2. The first-order chi connectivity index (χ1) is 14.6. The van der Waals surface area contributed by atoms with Crippen LogP contribution in [0.5, 0.6) is 5.75 Å². The number of alkyl halides is 1. The van der Waals surface area contributed by atoms with Crippen molar-refractivity contribution in [3.8, 4) is 16.9 Å². The lowest BCUT2D eigenvalue weighted by molar-refractivity contribution is 0.192. The lowest BCUT2D eigenvalue weighted by atomic mass is 10.0. The average molecular weight is 442 g/mol. The minimum Gasteiger partial charge on any atom is -0.463 e. The third-order valence-electron chi connectivity index (χ3n) is 4.79. The Morgan fingerprint density at radius 1 is 1.03 bits per heavy atom. The van der Waals surface area contributed by atoms with Gasteiger partial charge < -0.3 is 10.1 Å². The summed E-state index contributed by atoms with van der Waals surface area (Å²) >= 11 is 7.67. The minimum absolute atomic E-state index is 0.270. The van der Waals surface area contributed by atoms with Gasteiger partial charge in [-0.15, -0.1) is 11.3 Å². The summed E-state index contributed by atoms with van der Waals surface area (Å²) in [6.45, 7) is 2.04. The molecule has 1 N–H and O–H groups in total. The third kappa shape index (κ3) is 4.89. The molecule has 0 unspecified atom stereocenters. The number of nitrogens with one attached hydrogen (secondary N) is 1. The van der Waals surface area contributed by atoms with E-state index in [0.717, 1.165) is 46.5 Å². The van der Waals surface area contributed by atoms with Gasteiger partial charge in [0.25, 0.3) is 0 Å². The summed E-state index contributed by atoms with van der Waals surface area (Å²) in [5.41, 5.74) is 3.47. The number of aryl methyl sites for hydroxylation is 2. The van der Waals surface area contributed by atoms with Gasteiger partial charge in [-0.1, -0.05) is 36.4 Å². The van der Waals surface area contributed by atoms with E-state index in [9.17, 15) is 4.39 Å². The second kappa shape index (κ2) is 9.41. The first kappa shape index (κ1) is 20.6. The first-order valence-electron chi connectivity index (χ1n) is 9.68. The van der Waals surface area contributed by atoms with Gasteiger partial charge in [0.05, 0.1) is 5.39 Å². The van der Waals surface area contributed by atoms with E-state index in [4.69, 9.17) is 16.3 Å². The van der Waals surface area contributed by atoms with Crippen LogP contribution in [0, 0.1) is 6.92 Å². The fourth-order valence-electron chi connectivity index (χ4n) is 3.32. The fourth-order valence-corrected chi connectivity index (χ4v) is 4.42. The summed E-state index contributed by atoms with van der Waals surface area (Å²) in [5.74, 6) is 1.33. The Morgan fingerprint density at radius 3 is 2.43 bits per heavy atom. The zero-order valence-electron chi connectivity index (χ0n) is 16.5. The van der Waals surface area contributed by atoms with Gasteiger partial charge in [0.1, 0.15) is 16.4 Å². The zero-order valence-corrected chi connectivity index (χ0v) is 18.1. The Balaban J connectivity index is 1.33. The molecule has 0 radical (unpaired) electrons. The van der Waals surface area contributed by atoms with Gasteiger partial charge in [-0.05, 0) is 66.3 Å². The van der Waals surface area contributed by atoms with E-state index in [1.807, 2.05) is 12.1 Å². The van der Waals surface area contributed by atoms with Crippen LogP contribution in [-0.4, -0.2) is 23.4 Å². The topological polar surface area (TPSA) is 47.0 Å². The van der Waals surface area contributed by atoms with Gasteiger partial charge in [0, 0.05) is 11.4 Å². The van der Waals surface area contributed by atoms with E-state index in [1.54, 1.807) is 23.5 Å². The molecule has 0 spiro atoms. The zero-order chi connectivity index (χ0) is 20.9. The molecule has 4 rings (SSSR count). The lowest BCUT2D eigenvalue weighted by Gasteiger charge is -2.08. The molecule has 2 aromatic carbocycles. The summed E-state index contributed by atoms with van der Waals surface area (Å²) < 4.78 is 17.1. The van der Waals surface area contributed by atoms with E-state index in [-0.39, 0.29) is 5.28 Å². The van der Waals surface area contributed by atoms with Crippen molar-refractivity contribution in [3.05, 3.63) is 70.3 Å². The molecule has 0 aliphatic heterocycles. The number of halogens is 2. The Morgan fingerprint density at radius 2 is 1.73 bits per heavy atom. The van der Waals surface area contributed by atoms with Gasteiger partial charge in [-0.3, -0.25) is 0 Å². The maximum Gasteiger partial charge on any atom is 0.228 e. The second-order valence-corrected chi connectivity index (χ2v) is 8.50. The Labute approximate surface area is 183 Å². The van der Waals surface area contributed by atoms with E-state index in [2.05, 4.69) is 52.5 Å². The molecule has 0 fully saturated rings. The van der Waals surface area contributed by atoms with Gasteiger partial charge in [0.2, 0.25) is 12.1 Å². The molecule has 4 aromatic rings. The van der Waals surface area contributed by atoms with Crippen molar-refractivity contribution in [2.45, 2.75) is 19.8 Å². The SMILES string of the molecule is Cc1cc2c(NCCCc3ccc(-c4ccc(OCF)cc4)cc3)nc(Cl)nc2s1. The number of hydrogen-bond donors (Lipinski definition) is 1. The highest BCUT2D eigenvalue weighted by atomic mass is 35.5. The van der Waals surface area contributed by atoms with E-state index >= 15 is 0 Å². The van der Waals surface area contributed by atoms with Gasteiger partial charge >= 0.3 is 0 Å². The number of ether oxygens (including phenoxy) is 1. The van der Waals surface area contributed by atoms with Crippen LogP contribution < -0.4 is 10.1 Å². The molecule has 4 nitrogen and oxygen atoms in total. The molecular weight excluding hydrogens is 421 g/mol. The van der Waals surface area contributed by atoms with Crippen molar-refractivity contribution in [1.82, 2.24) is 9.97 Å². The van der Waals surface area contributed by atoms with Crippen molar-refractivity contribution >= 4 is 39.0 Å². The summed E-state index contributed by atoms with van der Waals surface area (Å²) in [7, 11) is 0. The number of nitrogens with zero attached hydrogens (tertiary/aromatic N) is 2. The number of aromatic nitrogens is 2. The fraction of sp³-hybridized carbons (Fsp3) is 0.217. The second-order valence-electron chi connectivity index (χ2n) is 6.92. The Hall–Kier alpha value is -2.70. The molecule has 30 heavy (non-hydrogen) atoms. The van der Waals surface area contributed by atoms with Crippen LogP contribution >= 0.6 is 22.9 Å². The highest BCUT2D eigenvalue weighted by Gasteiger charge is 2.09. The lowest BCUT2D eigenvalue weighted by Crippen LogP contribution is -2.05. The van der Waals surface area contributed by atoms with E-state index < -0.39 is 6.86 Å². The highest BCUT2D eigenvalue weighted by molar-refractivity contribution is 7.18. The number of thiophene rings is 1. The normalized spacial score (nSPS) is 11.0. The standard InChI is InChI=1S/C23H21ClFN3OS/c1-15-13-20-21(27-23(24)28-22(20)30-15)26-12-2-3-16-4-6-17(7-5-16)18-8-10-19(11-9-18)29-14-25/h4-11,13H,2-3,12,14H2,1H3,(H,26,27,28). The molecule has 0 saturated carbocycles. The predicted molar refractivity (Wildman–Crippen MR) is 122 cm³/mol. The summed E-state index contributed by atoms with van der Waals surface area (Å²) in [5, 5.41) is 4.69. The molecule has 0 aliphatic rings. The molecule has 0 bridgehead atoms. The minimum atomic E-state index is -0.815. The Bertz CT molecular complexity index is 1130. The van der Waals surface area contributed by atoms with Crippen molar-refractivity contribution in [2.24, 2.45) is 0 Å². The molecule has 154 valence electrons. The van der Waals surface area contributed by atoms with Crippen molar-refractivity contribution in [2.75, 3.05) is 18.7 Å². The maximum absolute atomic E-state index is 12.2. The van der Waals surface area contributed by atoms with Crippen LogP contribution in [0.1, 0.15) is 16.9 Å². The molecule has 2 aromatic heterocycles. The molecular formula is C23H21ClFN3OS. The third-order valence-corrected chi connectivity index (χ3v) is 5.90. The monoisotopic (exact) mass is 441 g/mol. The average Bonchev–Trinajstić information content (AvgIpc) is 3.12. The maximum atomic E-state index is 12.2. The molecule has 7 heteroatoms. The van der Waals surface area contributed by atoms with E-state index in [1.165, 1.54) is 10.4 Å². The largest absolute Gasteiger partial charge is 0.463 e. The van der Waals surface area contributed by atoms with Crippen LogP contribution in [0.15, 0.2) is 54.6 Å². The van der Waals surface area contributed by atoms with Gasteiger partial charge in [0.15, 0.2) is 0 Å². The summed E-state index contributed by atoms with van der Waals surface area (Å²) in [4.78, 5) is 10.7. The van der Waals surface area contributed by atoms with Crippen LogP contribution in [0.2, 0.25) is 5.28 Å². The van der Waals surface area contributed by atoms with Crippen LogP contribution in [0.4, 0.5) is 10.2 Å². The van der Waals surface area contributed by atoms with Crippen molar-refractivity contribution in [3.63, 3.8) is 0 Å². The highest BCUT2D eigenvalue weighted by Crippen LogP contribution is 2.29. The molecule has 2 heterocycles. The quantitative estimate of drug-likeness (QED) is 0.245. The van der Waals surface area contributed by atoms with Crippen LogP contribution in [-0.2, 0) is 6.42 Å². The van der Waals surface area contributed by atoms with Gasteiger partial charge in [-0.25, -0.2) is 14.4 Å². The Kier molecular flexibility index (Phi) is 6.45. The van der Waals surface area contributed by atoms with Crippen molar-refractivity contribution in [1.29, 1.82) is 0 Å². The molecule has 0 amide bonds. The molecule has 0 atom stereocenters. The number of anilines is 1. The predicted octanol–water partition coefficient (Wildman–Crippen LogP) is 6.67. The number of rotatable bonds is 8. The summed E-state index contributed by atoms with van der Waals surface area (Å²) in [6.07, 6.45) is 1.93. The van der Waals surface area contributed by atoms with Crippen LogP contribution in [0.3, 0.4) is 0 Å². The molecule has 0 saturated heterocycles. The van der Waals surface area contributed by atoms with Crippen LogP contribution in [0.25, 0.3) is 21.3 Å². The molecule has 0 aliphatic carbocycles. The number of hydrogen-bond acceptors (Lipinski definition) is 5.